The number of nitrogens with zero attached hydrogens (tertiary/aromatic N) is 3. The molecule has 1 aliphatic rings. The van der Waals surface area contributed by atoms with Gasteiger partial charge in [0.1, 0.15) is 0 Å². The van der Waals surface area contributed by atoms with E-state index in [-0.39, 0.29) is 0 Å². The topological polar surface area (TPSA) is 85.8 Å². The second-order valence-electron chi connectivity index (χ2n) is 5.84. The molecule has 9 heteroatoms. The zero-order chi connectivity index (χ0) is 16.5. The van der Waals surface area contributed by atoms with Crippen molar-refractivity contribution < 1.29 is 13.5 Å². The van der Waals surface area contributed by atoms with Crippen molar-refractivity contribution >= 4 is 21.5 Å². The number of aromatic nitrogens is 1. The van der Waals surface area contributed by atoms with E-state index in [1.807, 2.05) is 13.8 Å². The van der Waals surface area contributed by atoms with E-state index >= 15 is 0 Å². The van der Waals surface area contributed by atoms with Gasteiger partial charge in [-0.2, -0.15) is 17.4 Å². The molecule has 0 unspecified atom stereocenters. The first-order valence-electron chi connectivity index (χ1n) is 7.22. The third-order valence-electron chi connectivity index (χ3n) is 3.81. The second-order valence-corrected chi connectivity index (χ2v) is 9.05. The van der Waals surface area contributed by atoms with Crippen LogP contribution in [-0.2, 0) is 16.8 Å². The summed E-state index contributed by atoms with van der Waals surface area (Å²) in [5, 5.41) is 11.3. The molecule has 0 spiro atoms. The Labute approximate surface area is 136 Å². The van der Waals surface area contributed by atoms with Crippen LogP contribution in [0.4, 0.5) is 0 Å². The van der Waals surface area contributed by atoms with E-state index in [2.05, 4.69) is 14.6 Å². The minimum atomic E-state index is -3.51. The third kappa shape index (κ3) is 4.24. The quantitative estimate of drug-likeness (QED) is 0.788. The van der Waals surface area contributed by atoms with E-state index < -0.39 is 22.4 Å². The van der Waals surface area contributed by atoms with Crippen molar-refractivity contribution in [3.05, 3.63) is 15.6 Å². The van der Waals surface area contributed by atoms with Crippen molar-refractivity contribution in [2.75, 3.05) is 27.2 Å². The minimum Gasteiger partial charge on any atom is -0.390 e. The number of aryl methyl sites for hydroxylation is 2. The molecule has 2 N–H and O–H groups in total. The lowest BCUT2D eigenvalue weighted by molar-refractivity contribution is 0.0445. The summed E-state index contributed by atoms with van der Waals surface area (Å²) in [6, 6.07) is -0.437. The Morgan fingerprint density at radius 1 is 1.45 bits per heavy atom. The molecular weight excluding hydrogens is 324 g/mol. The molecule has 0 saturated carbocycles. The maximum absolute atomic E-state index is 11.8. The van der Waals surface area contributed by atoms with Crippen LogP contribution in [0.1, 0.15) is 22.0 Å². The maximum atomic E-state index is 11.8. The van der Waals surface area contributed by atoms with Crippen molar-refractivity contribution in [2.45, 2.75) is 39.0 Å². The van der Waals surface area contributed by atoms with E-state index in [0.29, 0.717) is 13.0 Å². The lowest BCUT2D eigenvalue weighted by Gasteiger charge is -2.36. The number of thiazole rings is 1. The lowest BCUT2D eigenvalue weighted by Crippen LogP contribution is -2.55. The normalized spacial score (nSPS) is 24.1. The Hall–Kier alpha value is -0.580. The molecule has 1 aromatic rings. The summed E-state index contributed by atoms with van der Waals surface area (Å²) in [7, 11) is -0.572. The highest BCUT2D eigenvalue weighted by Crippen LogP contribution is 2.22. The second kappa shape index (κ2) is 6.90. The summed E-state index contributed by atoms with van der Waals surface area (Å²) in [6.07, 6.45) is -0.122. The van der Waals surface area contributed by atoms with Gasteiger partial charge in [0.25, 0.3) is 10.2 Å². The first-order valence-corrected chi connectivity index (χ1v) is 9.48. The highest BCUT2D eigenvalue weighted by atomic mass is 32.2. The Bertz CT molecular complexity index is 615. The van der Waals surface area contributed by atoms with Crippen molar-refractivity contribution in [1.82, 2.24) is 18.9 Å². The average molecular weight is 348 g/mol. The maximum Gasteiger partial charge on any atom is 0.279 e. The molecule has 7 nitrogen and oxygen atoms in total. The summed E-state index contributed by atoms with van der Waals surface area (Å²) in [5.41, 5.74) is 1.03. The summed E-state index contributed by atoms with van der Waals surface area (Å²) < 4.78 is 27.4. The van der Waals surface area contributed by atoms with Crippen molar-refractivity contribution in [1.29, 1.82) is 0 Å². The predicted molar refractivity (Wildman–Crippen MR) is 87.0 cm³/mol. The fourth-order valence-corrected chi connectivity index (χ4v) is 4.35. The van der Waals surface area contributed by atoms with Gasteiger partial charge >= 0.3 is 0 Å². The molecule has 22 heavy (non-hydrogen) atoms. The van der Waals surface area contributed by atoms with Crippen LogP contribution in [-0.4, -0.2) is 67.0 Å². The largest absolute Gasteiger partial charge is 0.390 e. The smallest absolute Gasteiger partial charge is 0.279 e. The standard InChI is InChI=1S/C13H24N4O3S2/c1-9-13(21-10(2)14-9)8-17-6-5-11(12(18)7-17)15-22(19,20)16(3)4/h11-12,15,18H,5-8H2,1-4H3/t11-,12-/m1/s1. The molecule has 0 radical (unpaired) electrons. The van der Waals surface area contributed by atoms with Crippen molar-refractivity contribution in [3.63, 3.8) is 0 Å². The SMILES string of the molecule is Cc1nc(C)c(CN2CC[C@@H](NS(=O)(=O)N(C)C)[C@H](O)C2)s1. The van der Waals surface area contributed by atoms with Crippen LogP contribution < -0.4 is 4.72 Å². The number of aliphatic hydroxyl groups is 1. The van der Waals surface area contributed by atoms with Crippen LogP contribution in [0.5, 0.6) is 0 Å². The average Bonchev–Trinajstić information content (AvgIpc) is 2.71. The number of rotatable bonds is 5. The van der Waals surface area contributed by atoms with Crippen molar-refractivity contribution in [3.8, 4) is 0 Å². The van der Waals surface area contributed by atoms with Crippen LogP contribution in [0, 0.1) is 13.8 Å². The van der Waals surface area contributed by atoms with Crippen LogP contribution in [0.25, 0.3) is 0 Å². The predicted octanol–water partition coefficient (Wildman–Crippen LogP) is 0.0911. The number of hydrogen-bond donors (Lipinski definition) is 2. The Morgan fingerprint density at radius 2 is 2.14 bits per heavy atom. The summed E-state index contributed by atoms with van der Waals surface area (Å²) >= 11 is 1.67. The van der Waals surface area contributed by atoms with Crippen LogP contribution in [0.15, 0.2) is 0 Å². The molecule has 0 bridgehead atoms. The van der Waals surface area contributed by atoms with Gasteiger partial charge in [-0.25, -0.2) is 4.98 Å². The molecular formula is C13H24N4O3S2. The summed E-state index contributed by atoms with van der Waals surface area (Å²) in [5.74, 6) is 0. The monoisotopic (exact) mass is 348 g/mol. The lowest BCUT2D eigenvalue weighted by atomic mass is 10.0. The fourth-order valence-electron chi connectivity index (χ4n) is 2.50. The van der Waals surface area contributed by atoms with E-state index in [1.54, 1.807) is 11.3 Å². The third-order valence-corrected chi connectivity index (χ3v) is 6.43. The summed E-state index contributed by atoms with van der Waals surface area (Å²) in [6.45, 7) is 5.93. The van der Waals surface area contributed by atoms with Gasteiger partial charge in [-0.05, 0) is 20.3 Å². The zero-order valence-corrected chi connectivity index (χ0v) is 15.0. The molecule has 0 aromatic carbocycles. The van der Waals surface area contributed by atoms with E-state index in [1.165, 1.54) is 19.0 Å². The first-order chi connectivity index (χ1) is 10.2. The van der Waals surface area contributed by atoms with E-state index in [4.69, 9.17) is 0 Å². The number of likely N-dealkylation sites (tertiary alicyclic amines) is 1. The Balaban J connectivity index is 1.94. The van der Waals surface area contributed by atoms with Gasteiger partial charge in [0.15, 0.2) is 0 Å². The number of aliphatic hydroxyl groups excluding tert-OH is 1. The fraction of sp³-hybridized carbons (Fsp3) is 0.769. The Morgan fingerprint density at radius 3 is 2.64 bits per heavy atom. The van der Waals surface area contributed by atoms with Crippen LogP contribution in [0.3, 0.4) is 0 Å². The van der Waals surface area contributed by atoms with Gasteiger partial charge in [0.2, 0.25) is 0 Å². The molecule has 0 aliphatic carbocycles. The van der Waals surface area contributed by atoms with Crippen LogP contribution in [0.2, 0.25) is 0 Å². The number of hydrogen-bond acceptors (Lipinski definition) is 6. The highest BCUT2D eigenvalue weighted by Gasteiger charge is 2.31. The van der Waals surface area contributed by atoms with Gasteiger partial charge in [-0.1, -0.05) is 0 Å². The Kier molecular flexibility index (Phi) is 5.57. The van der Waals surface area contributed by atoms with Gasteiger partial charge in [0, 0.05) is 38.6 Å². The molecule has 1 fully saturated rings. The van der Waals surface area contributed by atoms with Crippen LogP contribution >= 0.6 is 11.3 Å². The van der Waals surface area contributed by atoms with E-state index in [0.717, 1.165) is 28.1 Å². The van der Waals surface area contributed by atoms with Gasteiger partial charge in [-0.15, -0.1) is 11.3 Å². The van der Waals surface area contributed by atoms with Gasteiger partial charge < -0.3 is 5.11 Å². The van der Waals surface area contributed by atoms with E-state index in [9.17, 15) is 13.5 Å². The van der Waals surface area contributed by atoms with Crippen molar-refractivity contribution in [2.24, 2.45) is 0 Å². The highest BCUT2D eigenvalue weighted by molar-refractivity contribution is 7.87. The number of piperidine rings is 1. The molecule has 2 rings (SSSR count). The molecule has 0 amide bonds. The zero-order valence-electron chi connectivity index (χ0n) is 13.4. The molecule has 2 atom stereocenters. The number of β-amino-alcohol motifs (C(OH)–C–C–N with tert-alkyl or cyclic N) is 1. The minimum absolute atomic E-state index is 0.437. The van der Waals surface area contributed by atoms with Gasteiger partial charge in [-0.3, -0.25) is 4.90 Å². The first kappa shape index (κ1) is 17.8. The molecule has 126 valence electrons. The molecule has 1 aromatic heterocycles. The summed E-state index contributed by atoms with van der Waals surface area (Å²) in [4.78, 5) is 7.76. The molecule has 2 heterocycles. The molecule has 1 aliphatic heterocycles. The van der Waals surface area contributed by atoms with Gasteiger partial charge in [0.05, 0.1) is 22.8 Å². The molecule has 1 saturated heterocycles. The number of nitrogens with one attached hydrogen (secondary N) is 1.